The number of aliphatic imine (C=N–C) groups is 1. The van der Waals surface area contributed by atoms with Crippen LogP contribution in [0.1, 0.15) is 16.1 Å². The minimum absolute atomic E-state index is 0.0928. The molecule has 0 bridgehead atoms. The summed E-state index contributed by atoms with van der Waals surface area (Å²) in [5.74, 6) is -0.386. The lowest BCUT2D eigenvalue weighted by molar-refractivity contribution is 0.0467. The van der Waals surface area contributed by atoms with Gasteiger partial charge in [0.15, 0.2) is 0 Å². The van der Waals surface area contributed by atoms with Gasteiger partial charge in [0.05, 0.1) is 17.5 Å². The summed E-state index contributed by atoms with van der Waals surface area (Å²) in [6.07, 6.45) is 4.65. The van der Waals surface area contributed by atoms with Crippen molar-refractivity contribution in [1.29, 1.82) is 0 Å². The summed E-state index contributed by atoms with van der Waals surface area (Å²) in [4.78, 5) is 20.5. The number of rotatable bonds is 6. The van der Waals surface area contributed by atoms with Crippen LogP contribution < -0.4 is 0 Å². The van der Waals surface area contributed by atoms with E-state index in [9.17, 15) is 4.79 Å². The van der Waals surface area contributed by atoms with Gasteiger partial charge in [-0.05, 0) is 43.9 Å². The minimum atomic E-state index is -1.95. The van der Waals surface area contributed by atoms with E-state index in [4.69, 9.17) is 9.16 Å². The highest BCUT2D eigenvalue weighted by atomic mass is 28.4. The number of carbonyl (C=O) groups is 1. The molecule has 24 heavy (non-hydrogen) atoms. The molecule has 0 saturated carbocycles. The average Bonchev–Trinajstić information content (AvgIpc) is 2.55. The van der Waals surface area contributed by atoms with Gasteiger partial charge in [-0.25, -0.2) is 4.79 Å². The highest BCUT2D eigenvalue weighted by Crippen LogP contribution is 2.14. The molecule has 124 valence electrons. The largest absolute Gasteiger partial charge is 0.518 e. The highest BCUT2D eigenvalue weighted by molar-refractivity contribution is 6.70. The molecule has 0 aliphatic rings. The second-order valence-corrected chi connectivity index (χ2v) is 10.4. The van der Waals surface area contributed by atoms with Crippen molar-refractivity contribution in [2.45, 2.75) is 19.6 Å². The van der Waals surface area contributed by atoms with Crippen molar-refractivity contribution in [2.75, 3.05) is 0 Å². The maximum Gasteiger partial charge on any atom is 0.345 e. The lowest BCUT2D eigenvalue weighted by Crippen LogP contribution is -2.26. The van der Waals surface area contributed by atoms with Crippen LogP contribution in [0.5, 0.6) is 0 Å². The smallest absolute Gasteiger partial charge is 0.345 e. The Morgan fingerprint density at radius 2 is 1.79 bits per heavy atom. The van der Waals surface area contributed by atoms with Crippen LogP contribution in [-0.2, 0) is 9.16 Å². The van der Waals surface area contributed by atoms with E-state index in [1.807, 2.05) is 43.9 Å². The van der Waals surface area contributed by atoms with Crippen molar-refractivity contribution in [3.63, 3.8) is 0 Å². The number of esters is 1. The van der Waals surface area contributed by atoms with E-state index in [0.717, 1.165) is 0 Å². The van der Waals surface area contributed by atoms with Gasteiger partial charge in [0.2, 0.25) is 8.32 Å². The lowest BCUT2D eigenvalue weighted by atomic mass is 10.2. The lowest BCUT2D eigenvalue weighted by Gasteiger charge is -2.20. The molecule has 0 aliphatic carbocycles. The molecule has 0 atom stereocenters. The Kier molecular flexibility index (Phi) is 6.03. The maximum absolute atomic E-state index is 12.2. The van der Waals surface area contributed by atoms with Crippen LogP contribution in [0, 0.1) is 0 Å². The van der Waals surface area contributed by atoms with Crippen molar-refractivity contribution in [1.82, 2.24) is 4.98 Å². The van der Waals surface area contributed by atoms with E-state index in [2.05, 4.69) is 9.98 Å². The Balaban J connectivity index is 2.13. The van der Waals surface area contributed by atoms with Crippen LogP contribution in [-0.4, -0.2) is 25.5 Å². The zero-order chi connectivity index (χ0) is 17.4. The standard InChI is InChI=1S/C18H20N2O3Si/c1-24(2,3)23-17(14-19-13-16-11-7-8-12-20-16)22-18(21)15-9-5-4-6-10-15/h4-14H,1-3H3/b17-14-,19-13?. The first kappa shape index (κ1) is 17.6. The minimum Gasteiger partial charge on any atom is -0.518 e. The molecule has 0 N–H and O–H groups in total. The van der Waals surface area contributed by atoms with Crippen LogP contribution in [0.4, 0.5) is 0 Å². The second-order valence-electron chi connectivity index (χ2n) is 5.95. The van der Waals surface area contributed by atoms with Gasteiger partial charge in [-0.15, -0.1) is 0 Å². The summed E-state index contributed by atoms with van der Waals surface area (Å²) in [7, 11) is -1.95. The molecular weight excluding hydrogens is 320 g/mol. The van der Waals surface area contributed by atoms with E-state index in [0.29, 0.717) is 11.3 Å². The monoisotopic (exact) mass is 340 g/mol. The Hall–Kier alpha value is -2.73. The van der Waals surface area contributed by atoms with Gasteiger partial charge in [0.1, 0.15) is 6.20 Å². The summed E-state index contributed by atoms with van der Waals surface area (Å²) in [6.45, 7) is 6.00. The zero-order valence-corrected chi connectivity index (χ0v) is 15.0. The fourth-order valence-electron chi connectivity index (χ4n) is 1.73. The molecule has 2 rings (SSSR count). The van der Waals surface area contributed by atoms with E-state index in [-0.39, 0.29) is 5.95 Å². The molecule has 0 saturated heterocycles. The molecule has 0 unspecified atom stereocenters. The van der Waals surface area contributed by atoms with Gasteiger partial charge in [0, 0.05) is 6.20 Å². The molecule has 2 aromatic rings. The second kappa shape index (κ2) is 8.21. The number of nitrogens with zero attached hydrogens (tertiary/aromatic N) is 2. The van der Waals surface area contributed by atoms with Gasteiger partial charge in [-0.1, -0.05) is 24.3 Å². The Bertz CT molecular complexity index is 723. The number of pyridine rings is 1. The zero-order valence-electron chi connectivity index (χ0n) is 14.0. The fraction of sp³-hybridized carbons (Fsp3) is 0.167. The highest BCUT2D eigenvalue weighted by Gasteiger charge is 2.21. The predicted octanol–water partition coefficient (Wildman–Crippen LogP) is 4.01. The summed E-state index contributed by atoms with van der Waals surface area (Å²) in [5, 5.41) is 0. The number of ether oxygens (including phenoxy) is 1. The van der Waals surface area contributed by atoms with Crippen LogP contribution >= 0.6 is 0 Å². The molecule has 1 heterocycles. The molecule has 1 aromatic heterocycles. The average molecular weight is 340 g/mol. The number of benzene rings is 1. The molecule has 0 radical (unpaired) electrons. The fourth-order valence-corrected chi connectivity index (χ4v) is 2.42. The van der Waals surface area contributed by atoms with Crippen molar-refractivity contribution in [3.05, 3.63) is 78.1 Å². The van der Waals surface area contributed by atoms with E-state index >= 15 is 0 Å². The van der Waals surface area contributed by atoms with E-state index in [1.165, 1.54) is 6.20 Å². The normalized spacial score (nSPS) is 12.2. The van der Waals surface area contributed by atoms with Crippen LogP contribution in [0.15, 0.2) is 71.9 Å². The molecule has 0 amide bonds. The molecule has 0 spiro atoms. The quantitative estimate of drug-likeness (QED) is 0.345. The number of carbonyl (C=O) groups excluding carboxylic acids is 1. The van der Waals surface area contributed by atoms with Crippen LogP contribution in [0.3, 0.4) is 0 Å². The summed E-state index contributed by atoms with van der Waals surface area (Å²) >= 11 is 0. The van der Waals surface area contributed by atoms with Crippen LogP contribution in [0.2, 0.25) is 19.6 Å². The number of aromatic nitrogens is 1. The number of hydrogen-bond donors (Lipinski definition) is 0. The van der Waals surface area contributed by atoms with Gasteiger partial charge in [0.25, 0.3) is 5.95 Å². The third-order valence-electron chi connectivity index (χ3n) is 2.68. The first-order valence-corrected chi connectivity index (χ1v) is 11.0. The molecule has 0 fully saturated rings. The third-order valence-corrected chi connectivity index (χ3v) is 3.50. The molecule has 0 aliphatic heterocycles. The first-order chi connectivity index (χ1) is 11.4. The van der Waals surface area contributed by atoms with Crippen molar-refractivity contribution in [2.24, 2.45) is 4.99 Å². The Labute approximate surface area is 142 Å². The van der Waals surface area contributed by atoms with Crippen molar-refractivity contribution < 1.29 is 14.0 Å². The van der Waals surface area contributed by atoms with Gasteiger partial charge in [-0.2, -0.15) is 0 Å². The van der Waals surface area contributed by atoms with Crippen molar-refractivity contribution >= 4 is 20.5 Å². The number of hydrogen-bond acceptors (Lipinski definition) is 5. The molecule has 6 heteroatoms. The predicted molar refractivity (Wildman–Crippen MR) is 96.2 cm³/mol. The van der Waals surface area contributed by atoms with E-state index < -0.39 is 14.3 Å². The molecular formula is C18H20N2O3Si. The van der Waals surface area contributed by atoms with Gasteiger partial charge in [-0.3, -0.25) is 9.98 Å². The van der Waals surface area contributed by atoms with Crippen LogP contribution in [0.25, 0.3) is 0 Å². The van der Waals surface area contributed by atoms with E-state index in [1.54, 1.807) is 36.7 Å². The Morgan fingerprint density at radius 3 is 2.42 bits per heavy atom. The summed E-state index contributed by atoms with van der Waals surface area (Å²) in [5.41, 5.74) is 1.16. The summed E-state index contributed by atoms with van der Waals surface area (Å²) in [6, 6.07) is 14.3. The molecule has 1 aromatic carbocycles. The van der Waals surface area contributed by atoms with Gasteiger partial charge >= 0.3 is 5.97 Å². The van der Waals surface area contributed by atoms with Gasteiger partial charge < -0.3 is 9.16 Å². The Morgan fingerprint density at radius 1 is 1.08 bits per heavy atom. The molecule has 5 nitrogen and oxygen atoms in total. The third kappa shape index (κ3) is 6.17. The summed E-state index contributed by atoms with van der Waals surface area (Å²) < 4.78 is 11.1. The topological polar surface area (TPSA) is 60.8 Å². The van der Waals surface area contributed by atoms with Crippen molar-refractivity contribution in [3.8, 4) is 0 Å². The first-order valence-electron chi connectivity index (χ1n) is 7.55. The SMILES string of the molecule is C[Si](C)(C)O/C(=C\N=Cc1ccccn1)OC(=O)c1ccccc1. The maximum atomic E-state index is 12.2.